The van der Waals surface area contributed by atoms with Crippen LogP contribution in [0.4, 0.5) is 0 Å². The third-order valence-electron chi connectivity index (χ3n) is 2.20. The molecule has 0 saturated heterocycles. The van der Waals surface area contributed by atoms with Crippen molar-refractivity contribution < 1.29 is 26.7 Å². The molecule has 6 nitrogen and oxygen atoms in total. The van der Waals surface area contributed by atoms with Crippen LogP contribution in [-0.4, -0.2) is 50.4 Å². The molecule has 0 aromatic rings. The summed E-state index contributed by atoms with van der Waals surface area (Å²) in [4.78, 5) is 10.6. The molecule has 1 atom stereocenters. The van der Waals surface area contributed by atoms with Gasteiger partial charge in [0.25, 0.3) is 0 Å². The quantitative estimate of drug-likeness (QED) is 0.682. The number of hydrogen-bond donors (Lipinski definition) is 1. The van der Waals surface area contributed by atoms with Crippen LogP contribution in [0.25, 0.3) is 0 Å². The summed E-state index contributed by atoms with van der Waals surface area (Å²) in [5.74, 6) is -2.73. The second-order valence-corrected chi connectivity index (χ2v) is 8.11. The maximum Gasteiger partial charge on any atom is 0.321 e. The first kappa shape index (κ1) is 15.4. The van der Waals surface area contributed by atoms with E-state index < -0.39 is 42.4 Å². The Hall–Kier alpha value is -0.630. The van der Waals surface area contributed by atoms with Crippen molar-refractivity contribution in [3.8, 4) is 0 Å². The zero-order valence-corrected chi connectivity index (χ0v) is 10.8. The fourth-order valence-electron chi connectivity index (χ4n) is 1.11. The molecule has 0 aliphatic heterocycles. The Kier molecular flexibility index (Phi) is 5.40. The molecular formula is C8H16O6S2. The predicted octanol–water partition coefficient (Wildman–Crippen LogP) is -0.301. The van der Waals surface area contributed by atoms with Crippen molar-refractivity contribution in [2.75, 3.05) is 17.3 Å². The first-order valence-corrected chi connectivity index (χ1v) is 8.34. The summed E-state index contributed by atoms with van der Waals surface area (Å²) in [6.07, 6.45) is -0.0656. The molecule has 0 aromatic carbocycles. The van der Waals surface area contributed by atoms with Crippen molar-refractivity contribution in [1.82, 2.24) is 0 Å². The third-order valence-corrected chi connectivity index (χ3v) is 6.34. The monoisotopic (exact) mass is 272 g/mol. The second kappa shape index (κ2) is 5.62. The Morgan fingerprint density at radius 1 is 1.12 bits per heavy atom. The van der Waals surface area contributed by atoms with Gasteiger partial charge in [-0.2, -0.15) is 0 Å². The van der Waals surface area contributed by atoms with Crippen molar-refractivity contribution in [1.29, 1.82) is 0 Å². The fraction of sp³-hybridized carbons (Fsp3) is 0.875. The maximum atomic E-state index is 11.5. The number of carboxylic acids is 1. The smallest absolute Gasteiger partial charge is 0.321 e. The normalized spacial score (nSPS) is 14.6. The fourth-order valence-corrected chi connectivity index (χ4v) is 4.45. The van der Waals surface area contributed by atoms with Crippen molar-refractivity contribution in [3.63, 3.8) is 0 Å². The molecule has 0 rings (SSSR count). The lowest BCUT2D eigenvalue weighted by molar-refractivity contribution is -0.136. The Morgan fingerprint density at radius 3 is 1.94 bits per heavy atom. The molecule has 0 amide bonds. The van der Waals surface area contributed by atoms with Crippen LogP contribution < -0.4 is 0 Å². The highest BCUT2D eigenvalue weighted by Gasteiger charge is 2.31. The zero-order chi connectivity index (χ0) is 13.0. The van der Waals surface area contributed by atoms with Crippen molar-refractivity contribution >= 4 is 25.6 Å². The molecule has 0 saturated carbocycles. The lowest BCUT2D eigenvalue weighted by Crippen LogP contribution is -2.33. The molecule has 0 aliphatic carbocycles. The Balaban J connectivity index is 4.77. The molecule has 0 radical (unpaired) electrons. The van der Waals surface area contributed by atoms with Crippen LogP contribution in [0.2, 0.25) is 0 Å². The van der Waals surface area contributed by atoms with Gasteiger partial charge in [-0.3, -0.25) is 4.79 Å². The molecule has 1 N–H and O–H groups in total. The van der Waals surface area contributed by atoms with Crippen molar-refractivity contribution in [2.24, 2.45) is 0 Å². The van der Waals surface area contributed by atoms with E-state index in [9.17, 15) is 21.6 Å². The van der Waals surface area contributed by atoms with Gasteiger partial charge in [0.05, 0.1) is 11.5 Å². The van der Waals surface area contributed by atoms with Gasteiger partial charge >= 0.3 is 5.97 Å². The van der Waals surface area contributed by atoms with Gasteiger partial charge in [-0.05, 0) is 6.42 Å². The number of sulfone groups is 2. The van der Waals surface area contributed by atoms with E-state index >= 15 is 0 Å². The highest BCUT2D eigenvalue weighted by molar-refractivity contribution is 7.95. The number of carbonyl (C=O) groups is 1. The average Bonchev–Trinajstić information content (AvgIpc) is 2.15. The topological polar surface area (TPSA) is 106 Å². The van der Waals surface area contributed by atoms with E-state index in [-0.39, 0.29) is 12.2 Å². The van der Waals surface area contributed by atoms with Gasteiger partial charge in [0.2, 0.25) is 0 Å². The van der Waals surface area contributed by atoms with E-state index in [0.717, 1.165) is 0 Å². The number of hydrogen-bond acceptors (Lipinski definition) is 5. The van der Waals surface area contributed by atoms with Crippen LogP contribution >= 0.6 is 0 Å². The summed E-state index contributed by atoms with van der Waals surface area (Å²) >= 11 is 0. The minimum Gasteiger partial charge on any atom is -0.480 e. The molecule has 0 bridgehead atoms. The van der Waals surface area contributed by atoms with E-state index in [2.05, 4.69) is 0 Å². The van der Waals surface area contributed by atoms with E-state index in [1.165, 1.54) is 13.8 Å². The van der Waals surface area contributed by atoms with E-state index in [1.54, 1.807) is 0 Å². The molecule has 16 heavy (non-hydrogen) atoms. The molecule has 1 unspecified atom stereocenters. The lowest BCUT2D eigenvalue weighted by atomic mass is 10.3. The predicted molar refractivity (Wildman–Crippen MR) is 59.8 cm³/mol. The molecule has 0 aliphatic rings. The van der Waals surface area contributed by atoms with Crippen LogP contribution in [0.1, 0.15) is 20.3 Å². The summed E-state index contributed by atoms with van der Waals surface area (Å²) in [5, 5.41) is 7.15. The molecule has 0 fully saturated rings. The van der Waals surface area contributed by atoms with Crippen LogP contribution in [-0.2, 0) is 24.5 Å². The largest absolute Gasteiger partial charge is 0.480 e. The summed E-state index contributed by atoms with van der Waals surface area (Å²) in [5.41, 5.74) is 0. The molecule has 0 aromatic heterocycles. The van der Waals surface area contributed by atoms with Crippen LogP contribution in [0, 0.1) is 0 Å². The summed E-state index contributed by atoms with van der Waals surface area (Å²) in [7, 11) is -7.29. The van der Waals surface area contributed by atoms with Gasteiger partial charge in [-0.15, -0.1) is 0 Å². The van der Waals surface area contributed by atoms with E-state index in [0.29, 0.717) is 0 Å². The minimum absolute atomic E-state index is 0.0656. The highest BCUT2D eigenvalue weighted by atomic mass is 32.2. The Morgan fingerprint density at radius 2 is 1.62 bits per heavy atom. The van der Waals surface area contributed by atoms with Gasteiger partial charge in [0, 0.05) is 5.75 Å². The molecule has 0 spiro atoms. The molecule has 0 heterocycles. The second-order valence-electron chi connectivity index (χ2n) is 3.34. The Bertz CT molecular complexity index is 433. The average molecular weight is 272 g/mol. The number of aliphatic carboxylic acids is 1. The Labute approximate surface area is 95.5 Å². The van der Waals surface area contributed by atoms with Gasteiger partial charge in [-0.25, -0.2) is 16.8 Å². The number of carboxylic acid groups (broad SMARTS) is 1. The van der Waals surface area contributed by atoms with Crippen molar-refractivity contribution in [3.05, 3.63) is 0 Å². The SMILES string of the molecule is CCC(C(=O)O)S(=O)(=O)CCS(=O)(=O)CC. The molecule has 8 heteroatoms. The van der Waals surface area contributed by atoms with Crippen LogP contribution in [0.3, 0.4) is 0 Å². The third kappa shape index (κ3) is 4.48. The maximum absolute atomic E-state index is 11.5. The lowest BCUT2D eigenvalue weighted by Gasteiger charge is -2.10. The van der Waals surface area contributed by atoms with Gasteiger partial charge < -0.3 is 5.11 Å². The van der Waals surface area contributed by atoms with E-state index in [4.69, 9.17) is 5.11 Å². The minimum atomic E-state index is -3.89. The van der Waals surface area contributed by atoms with Crippen LogP contribution in [0.5, 0.6) is 0 Å². The number of rotatable bonds is 7. The van der Waals surface area contributed by atoms with Crippen molar-refractivity contribution in [2.45, 2.75) is 25.5 Å². The first-order valence-electron chi connectivity index (χ1n) is 4.81. The summed E-state index contributed by atoms with van der Waals surface area (Å²) in [6.45, 7) is 2.85. The van der Waals surface area contributed by atoms with Gasteiger partial charge in [0.1, 0.15) is 0 Å². The summed E-state index contributed by atoms with van der Waals surface area (Å²) in [6, 6.07) is 0. The first-order chi connectivity index (χ1) is 7.16. The highest BCUT2D eigenvalue weighted by Crippen LogP contribution is 2.08. The zero-order valence-electron chi connectivity index (χ0n) is 9.21. The molecule has 96 valence electrons. The standard InChI is InChI=1S/C8H16O6S2/c1-3-7(8(9)10)16(13,14)6-5-15(11,12)4-2/h7H,3-6H2,1-2H3,(H,9,10). The van der Waals surface area contributed by atoms with Crippen LogP contribution in [0.15, 0.2) is 0 Å². The summed E-state index contributed by atoms with van der Waals surface area (Å²) < 4.78 is 45.3. The van der Waals surface area contributed by atoms with Gasteiger partial charge in [-0.1, -0.05) is 13.8 Å². The molecular weight excluding hydrogens is 256 g/mol. The van der Waals surface area contributed by atoms with Gasteiger partial charge in [0.15, 0.2) is 24.9 Å². The van der Waals surface area contributed by atoms with E-state index in [1.807, 2.05) is 0 Å².